The molecule has 0 radical (unpaired) electrons. The topological polar surface area (TPSA) is 72.6 Å². The second-order valence-corrected chi connectivity index (χ2v) is 5.95. The Morgan fingerprint density at radius 1 is 1.64 bits per heavy atom. The summed E-state index contributed by atoms with van der Waals surface area (Å²) in [4.78, 5) is 0. The number of rotatable bonds is 4. The predicted molar refractivity (Wildman–Crippen MR) is 54.4 cm³/mol. The van der Waals surface area contributed by atoms with Gasteiger partial charge in [0, 0.05) is 26.7 Å². The molecule has 0 bridgehead atoms. The van der Waals surface area contributed by atoms with E-state index >= 15 is 0 Å². The highest BCUT2D eigenvalue weighted by Gasteiger charge is 2.34. The third-order valence-corrected chi connectivity index (χ3v) is 4.90. The number of sulfonamides is 1. The van der Waals surface area contributed by atoms with Gasteiger partial charge in [-0.1, -0.05) is 0 Å². The van der Waals surface area contributed by atoms with Crippen LogP contribution in [0.25, 0.3) is 0 Å². The molecule has 0 saturated carbocycles. The van der Waals surface area contributed by atoms with Crippen molar-refractivity contribution < 1.29 is 13.2 Å². The van der Waals surface area contributed by atoms with Gasteiger partial charge in [0.1, 0.15) is 0 Å². The maximum Gasteiger partial charge on any atom is 0.218 e. The fraction of sp³-hybridized carbons (Fsp3) is 1.00. The van der Waals surface area contributed by atoms with Crippen LogP contribution in [0.15, 0.2) is 0 Å². The Morgan fingerprint density at radius 2 is 2.29 bits per heavy atom. The smallest absolute Gasteiger partial charge is 0.218 e. The van der Waals surface area contributed by atoms with Gasteiger partial charge in [-0.15, -0.1) is 0 Å². The molecule has 0 aromatic heterocycles. The molecule has 1 fully saturated rings. The minimum absolute atomic E-state index is 0.0368. The Labute approximate surface area is 85.3 Å². The van der Waals surface area contributed by atoms with E-state index in [0.29, 0.717) is 13.1 Å². The molecule has 2 unspecified atom stereocenters. The van der Waals surface area contributed by atoms with Gasteiger partial charge in [-0.2, -0.15) is 4.31 Å². The van der Waals surface area contributed by atoms with Gasteiger partial charge >= 0.3 is 0 Å². The Morgan fingerprint density at radius 3 is 2.71 bits per heavy atom. The van der Waals surface area contributed by atoms with Gasteiger partial charge in [0.25, 0.3) is 0 Å². The summed E-state index contributed by atoms with van der Waals surface area (Å²) in [7, 11) is -1.60. The Bertz CT molecular complexity index is 278. The van der Waals surface area contributed by atoms with Gasteiger partial charge in [0.2, 0.25) is 10.0 Å². The summed E-state index contributed by atoms with van der Waals surface area (Å²) < 4.78 is 30.2. The van der Waals surface area contributed by atoms with E-state index in [9.17, 15) is 8.42 Å². The monoisotopic (exact) mass is 222 g/mol. The van der Waals surface area contributed by atoms with Crippen molar-refractivity contribution in [3.8, 4) is 0 Å². The Kier molecular flexibility index (Phi) is 3.88. The van der Waals surface area contributed by atoms with Crippen LogP contribution in [0, 0.1) is 0 Å². The van der Waals surface area contributed by atoms with Crippen LogP contribution >= 0.6 is 0 Å². The minimum atomic E-state index is -3.20. The Balaban J connectivity index is 2.66. The van der Waals surface area contributed by atoms with Crippen molar-refractivity contribution in [2.24, 2.45) is 5.73 Å². The first-order valence-electron chi connectivity index (χ1n) is 4.74. The van der Waals surface area contributed by atoms with Crippen molar-refractivity contribution in [2.75, 3.05) is 26.7 Å². The normalized spacial score (nSPS) is 26.6. The van der Waals surface area contributed by atoms with Crippen LogP contribution in [0.3, 0.4) is 0 Å². The summed E-state index contributed by atoms with van der Waals surface area (Å²) >= 11 is 0. The number of methoxy groups -OCH3 is 1. The highest BCUT2D eigenvalue weighted by Crippen LogP contribution is 2.18. The highest BCUT2D eigenvalue weighted by atomic mass is 32.2. The van der Waals surface area contributed by atoms with Gasteiger partial charge in [-0.25, -0.2) is 8.42 Å². The van der Waals surface area contributed by atoms with E-state index in [2.05, 4.69) is 0 Å². The van der Waals surface area contributed by atoms with Crippen LogP contribution in [0.1, 0.15) is 13.3 Å². The summed E-state index contributed by atoms with van der Waals surface area (Å²) in [5.41, 5.74) is 5.36. The second kappa shape index (κ2) is 4.57. The van der Waals surface area contributed by atoms with Crippen LogP contribution in [0.2, 0.25) is 0 Å². The van der Waals surface area contributed by atoms with Crippen LogP contribution in [0.4, 0.5) is 0 Å². The first-order valence-corrected chi connectivity index (χ1v) is 6.24. The average molecular weight is 222 g/mol. The van der Waals surface area contributed by atoms with Crippen molar-refractivity contribution in [3.05, 3.63) is 0 Å². The first kappa shape index (κ1) is 11.9. The number of hydrogen-bond acceptors (Lipinski definition) is 4. The van der Waals surface area contributed by atoms with Crippen molar-refractivity contribution in [2.45, 2.75) is 24.7 Å². The van der Waals surface area contributed by atoms with Gasteiger partial charge < -0.3 is 10.5 Å². The molecule has 2 N–H and O–H groups in total. The van der Waals surface area contributed by atoms with Gasteiger partial charge in [0.05, 0.1) is 11.4 Å². The van der Waals surface area contributed by atoms with Gasteiger partial charge in [0.15, 0.2) is 0 Å². The zero-order valence-electron chi connectivity index (χ0n) is 8.64. The highest BCUT2D eigenvalue weighted by molar-refractivity contribution is 7.89. The van der Waals surface area contributed by atoms with E-state index < -0.39 is 15.3 Å². The SMILES string of the molecule is COC1CCN(S(=O)(=O)C(C)CN)C1. The summed E-state index contributed by atoms with van der Waals surface area (Å²) in [5, 5.41) is -0.502. The third kappa shape index (κ3) is 2.25. The lowest BCUT2D eigenvalue weighted by atomic mass is 10.3. The average Bonchev–Trinajstić information content (AvgIpc) is 2.65. The van der Waals surface area contributed by atoms with Crippen molar-refractivity contribution in [1.82, 2.24) is 4.31 Å². The summed E-state index contributed by atoms with van der Waals surface area (Å²) in [6.07, 6.45) is 0.808. The molecule has 14 heavy (non-hydrogen) atoms. The van der Waals surface area contributed by atoms with Crippen molar-refractivity contribution in [1.29, 1.82) is 0 Å². The molecular formula is C8H18N2O3S. The fourth-order valence-electron chi connectivity index (χ4n) is 1.50. The third-order valence-electron chi connectivity index (χ3n) is 2.64. The molecule has 0 spiro atoms. The number of nitrogens with zero attached hydrogens (tertiary/aromatic N) is 1. The molecule has 0 aliphatic carbocycles. The van der Waals surface area contributed by atoms with Crippen molar-refractivity contribution in [3.63, 3.8) is 0 Å². The van der Waals surface area contributed by atoms with Gasteiger partial charge in [-0.3, -0.25) is 0 Å². The number of nitrogens with two attached hydrogens (primary N) is 1. The van der Waals surface area contributed by atoms with E-state index in [4.69, 9.17) is 10.5 Å². The standard InChI is InChI=1S/C8H18N2O3S/c1-7(5-9)14(11,12)10-4-3-8(6-10)13-2/h7-8H,3-6,9H2,1-2H3. The zero-order chi connectivity index (χ0) is 10.8. The molecule has 6 heteroatoms. The first-order chi connectivity index (χ1) is 6.52. The van der Waals surface area contributed by atoms with E-state index in [1.807, 2.05) is 0 Å². The molecule has 0 aromatic carbocycles. The predicted octanol–water partition coefficient (Wildman–Crippen LogP) is -0.616. The molecule has 1 aliphatic heterocycles. The Hall–Kier alpha value is -0.170. The van der Waals surface area contributed by atoms with Crippen molar-refractivity contribution >= 4 is 10.0 Å². The molecule has 84 valence electrons. The molecule has 1 rings (SSSR count). The molecule has 0 aromatic rings. The summed E-state index contributed by atoms with van der Waals surface area (Å²) in [5.74, 6) is 0. The molecule has 5 nitrogen and oxygen atoms in total. The lowest BCUT2D eigenvalue weighted by Crippen LogP contribution is -2.39. The minimum Gasteiger partial charge on any atom is -0.380 e. The van der Waals surface area contributed by atoms with E-state index in [0.717, 1.165) is 6.42 Å². The zero-order valence-corrected chi connectivity index (χ0v) is 9.46. The number of ether oxygens (including phenoxy) is 1. The summed E-state index contributed by atoms with van der Waals surface area (Å²) in [6.45, 7) is 2.81. The largest absolute Gasteiger partial charge is 0.380 e. The molecule has 1 heterocycles. The van der Waals surface area contributed by atoms with E-state index in [-0.39, 0.29) is 12.6 Å². The molecule has 1 aliphatic rings. The van der Waals surface area contributed by atoms with Crippen LogP contribution in [0.5, 0.6) is 0 Å². The number of hydrogen-bond donors (Lipinski definition) is 1. The molecule has 0 amide bonds. The quantitative estimate of drug-likeness (QED) is 0.688. The maximum atomic E-state index is 11.8. The maximum absolute atomic E-state index is 11.8. The van der Waals surface area contributed by atoms with Gasteiger partial charge in [-0.05, 0) is 13.3 Å². The van der Waals surface area contributed by atoms with Crippen LogP contribution < -0.4 is 5.73 Å². The van der Waals surface area contributed by atoms with Crippen LogP contribution in [-0.4, -0.2) is 50.8 Å². The molecular weight excluding hydrogens is 204 g/mol. The van der Waals surface area contributed by atoms with Crippen LogP contribution in [-0.2, 0) is 14.8 Å². The fourth-order valence-corrected chi connectivity index (χ4v) is 2.98. The van der Waals surface area contributed by atoms with E-state index in [1.165, 1.54) is 4.31 Å². The molecule has 1 saturated heterocycles. The second-order valence-electron chi connectivity index (χ2n) is 3.60. The molecule has 2 atom stereocenters. The summed E-state index contributed by atoms with van der Waals surface area (Å²) in [6, 6.07) is 0. The lowest BCUT2D eigenvalue weighted by Gasteiger charge is -2.20. The van der Waals surface area contributed by atoms with E-state index in [1.54, 1.807) is 14.0 Å². The lowest BCUT2D eigenvalue weighted by molar-refractivity contribution is 0.115.